The van der Waals surface area contributed by atoms with Gasteiger partial charge in [-0.25, -0.2) is 9.79 Å². The number of nitrogens with zero attached hydrogens (tertiary/aromatic N) is 1. The summed E-state index contributed by atoms with van der Waals surface area (Å²) in [5.41, 5.74) is 0. The smallest absolute Gasteiger partial charge is 0.235 e. The van der Waals surface area contributed by atoms with Crippen LogP contribution in [-0.2, 0) is 9.59 Å². The molecule has 0 aliphatic heterocycles. The van der Waals surface area contributed by atoms with Crippen LogP contribution < -0.4 is 0 Å². The summed E-state index contributed by atoms with van der Waals surface area (Å²) in [4.78, 5) is 24.8. The number of carbonyl (C=O) groups is 1. The van der Waals surface area contributed by atoms with Crippen molar-refractivity contribution in [2.24, 2.45) is 22.7 Å². The Bertz CT molecular complexity index is 306. The zero-order valence-electron chi connectivity index (χ0n) is 11.0. The van der Waals surface area contributed by atoms with Crippen LogP contribution >= 0.6 is 0 Å². The number of aldehydes is 1. The first kappa shape index (κ1) is 13.5. The quantitative estimate of drug-likeness (QED) is 0.436. The maximum atomic E-state index is 10.7. The highest BCUT2D eigenvalue weighted by Gasteiger charge is 2.26. The first-order valence-corrected chi connectivity index (χ1v) is 7.34. The van der Waals surface area contributed by atoms with Crippen LogP contribution in [0.1, 0.15) is 57.8 Å². The third-order valence-electron chi connectivity index (χ3n) is 4.80. The van der Waals surface area contributed by atoms with E-state index in [0.717, 1.165) is 43.8 Å². The number of rotatable bonds is 4. The lowest BCUT2D eigenvalue weighted by Crippen LogP contribution is -2.22. The fourth-order valence-electron chi connectivity index (χ4n) is 3.62. The van der Waals surface area contributed by atoms with Gasteiger partial charge < -0.3 is 4.79 Å². The van der Waals surface area contributed by atoms with Gasteiger partial charge in [-0.05, 0) is 69.6 Å². The maximum Gasteiger partial charge on any atom is 0.235 e. The van der Waals surface area contributed by atoms with Crippen LogP contribution in [0.5, 0.6) is 0 Å². The van der Waals surface area contributed by atoms with Gasteiger partial charge in [0, 0.05) is 5.92 Å². The second kappa shape index (κ2) is 6.84. The lowest BCUT2D eigenvalue weighted by Gasteiger charge is -2.31. The SMILES string of the molecule is O=C=NC1CCC(CC2CCC(C=O)CC2)CC1. The number of hydrogen-bond acceptors (Lipinski definition) is 3. The number of aliphatic imine (C=N–C) groups is 1. The van der Waals surface area contributed by atoms with E-state index >= 15 is 0 Å². The number of hydrogen-bond donors (Lipinski definition) is 0. The van der Waals surface area contributed by atoms with Crippen LogP contribution in [0.2, 0.25) is 0 Å². The Balaban J connectivity index is 1.69. The van der Waals surface area contributed by atoms with E-state index in [1.165, 1.54) is 32.1 Å². The van der Waals surface area contributed by atoms with Crippen LogP contribution in [0.25, 0.3) is 0 Å². The van der Waals surface area contributed by atoms with Gasteiger partial charge >= 0.3 is 0 Å². The summed E-state index contributed by atoms with van der Waals surface area (Å²) in [5.74, 6) is 1.98. The molecule has 0 saturated heterocycles. The summed E-state index contributed by atoms with van der Waals surface area (Å²) >= 11 is 0. The first-order valence-electron chi connectivity index (χ1n) is 7.34. The Morgan fingerprint density at radius 3 is 2.00 bits per heavy atom. The van der Waals surface area contributed by atoms with E-state index in [0.29, 0.717) is 5.92 Å². The lowest BCUT2D eigenvalue weighted by molar-refractivity contribution is -0.112. The summed E-state index contributed by atoms with van der Waals surface area (Å²) in [5, 5.41) is 0. The van der Waals surface area contributed by atoms with Crippen molar-refractivity contribution in [1.82, 2.24) is 0 Å². The highest BCUT2D eigenvalue weighted by Crippen LogP contribution is 2.36. The predicted molar refractivity (Wildman–Crippen MR) is 70.0 cm³/mol. The molecule has 2 aliphatic rings. The largest absolute Gasteiger partial charge is 0.303 e. The molecule has 0 atom stereocenters. The van der Waals surface area contributed by atoms with Gasteiger partial charge in [0.25, 0.3) is 0 Å². The zero-order valence-corrected chi connectivity index (χ0v) is 11.0. The summed E-state index contributed by atoms with van der Waals surface area (Å²) in [6.07, 6.45) is 13.3. The van der Waals surface area contributed by atoms with E-state index in [4.69, 9.17) is 0 Å². The van der Waals surface area contributed by atoms with Crippen LogP contribution in [0.4, 0.5) is 0 Å². The number of isocyanates is 1. The Morgan fingerprint density at radius 1 is 0.944 bits per heavy atom. The van der Waals surface area contributed by atoms with E-state index in [2.05, 4.69) is 4.99 Å². The average Bonchev–Trinajstić information content (AvgIpc) is 2.42. The lowest BCUT2D eigenvalue weighted by atomic mass is 9.74. The molecule has 0 aromatic heterocycles. The van der Waals surface area contributed by atoms with Crippen molar-refractivity contribution >= 4 is 12.4 Å². The standard InChI is InChI=1S/C15H23NO2/c17-10-14-3-1-12(2-4-14)9-13-5-7-15(8-6-13)16-11-18/h10,12-15H,1-9H2. The van der Waals surface area contributed by atoms with Gasteiger partial charge in [-0.1, -0.05) is 0 Å². The molecule has 2 fully saturated rings. The van der Waals surface area contributed by atoms with Crippen molar-refractivity contribution in [3.63, 3.8) is 0 Å². The fraction of sp³-hybridized carbons (Fsp3) is 0.867. The molecular formula is C15H23NO2. The van der Waals surface area contributed by atoms with E-state index in [9.17, 15) is 9.59 Å². The van der Waals surface area contributed by atoms with Crippen molar-refractivity contribution < 1.29 is 9.59 Å². The average molecular weight is 249 g/mol. The minimum atomic E-state index is 0.240. The van der Waals surface area contributed by atoms with Gasteiger partial charge in [-0.15, -0.1) is 0 Å². The summed E-state index contributed by atoms with van der Waals surface area (Å²) in [7, 11) is 0. The normalized spacial score (nSPS) is 36.7. The summed E-state index contributed by atoms with van der Waals surface area (Å²) in [6.45, 7) is 0. The highest BCUT2D eigenvalue weighted by molar-refractivity contribution is 5.53. The topological polar surface area (TPSA) is 46.5 Å². The molecule has 2 saturated carbocycles. The van der Waals surface area contributed by atoms with E-state index < -0.39 is 0 Å². The van der Waals surface area contributed by atoms with Crippen molar-refractivity contribution in [3.05, 3.63) is 0 Å². The molecule has 3 heteroatoms. The maximum absolute atomic E-state index is 10.7. The summed E-state index contributed by atoms with van der Waals surface area (Å²) in [6, 6.07) is 0.240. The molecule has 0 aromatic rings. The molecule has 0 radical (unpaired) electrons. The van der Waals surface area contributed by atoms with Crippen molar-refractivity contribution in [3.8, 4) is 0 Å². The van der Waals surface area contributed by atoms with Gasteiger partial charge in [0.05, 0.1) is 6.04 Å². The van der Waals surface area contributed by atoms with Crippen molar-refractivity contribution in [1.29, 1.82) is 0 Å². The second-order valence-corrected chi connectivity index (χ2v) is 6.05. The summed E-state index contributed by atoms with van der Waals surface area (Å²) < 4.78 is 0. The Labute approximate surface area is 109 Å². The minimum Gasteiger partial charge on any atom is -0.303 e. The molecule has 100 valence electrons. The van der Waals surface area contributed by atoms with Gasteiger partial charge in [0.2, 0.25) is 6.08 Å². The molecular weight excluding hydrogens is 226 g/mol. The third kappa shape index (κ3) is 3.78. The molecule has 0 N–H and O–H groups in total. The predicted octanol–water partition coefficient (Wildman–Crippen LogP) is 3.28. The monoisotopic (exact) mass is 249 g/mol. The minimum absolute atomic E-state index is 0.240. The molecule has 0 aromatic carbocycles. The van der Waals surface area contributed by atoms with Crippen LogP contribution in [0, 0.1) is 17.8 Å². The van der Waals surface area contributed by atoms with Crippen molar-refractivity contribution in [2.45, 2.75) is 63.8 Å². The van der Waals surface area contributed by atoms with E-state index in [1.54, 1.807) is 6.08 Å². The molecule has 0 amide bonds. The Morgan fingerprint density at radius 2 is 1.50 bits per heavy atom. The highest BCUT2D eigenvalue weighted by atomic mass is 16.1. The molecule has 0 bridgehead atoms. The van der Waals surface area contributed by atoms with Gasteiger partial charge in [0.15, 0.2) is 0 Å². The van der Waals surface area contributed by atoms with E-state index in [1.807, 2.05) is 0 Å². The molecule has 2 aliphatic carbocycles. The second-order valence-electron chi connectivity index (χ2n) is 6.05. The van der Waals surface area contributed by atoms with Gasteiger partial charge in [-0.3, -0.25) is 0 Å². The molecule has 0 unspecified atom stereocenters. The molecule has 2 rings (SSSR count). The molecule has 0 heterocycles. The van der Waals surface area contributed by atoms with Crippen molar-refractivity contribution in [2.75, 3.05) is 0 Å². The number of carbonyl (C=O) groups excluding carboxylic acids is 2. The van der Waals surface area contributed by atoms with Crippen LogP contribution in [-0.4, -0.2) is 18.4 Å². The van der Waals surface area contributed by atoms with Gasteiger partial charge in [-0.2, -0.15) is 0 Å². The van der Waals surface area contributed by atoms with Crippen LogP contribution in [0.15, 0.2) is 4.99 Å². The first-order chi connectivity index (χ1) is 8.81. The Kier molecular flexibility index (Phi) is 5.12. The van der Waals surface area contributed by atoms with Crippen LogP contribution in [0.3, 0.4) is 0 Å². The van der Waals surface area contributed by atoms with E-state index in [-0.39, 0.29) is 6.04 Å². The molecule has 3 nitrogen and oxygen atoms in total. The molecule has 18 heavy (non-hydrogen) atoms. The Hall–Kier alpha value is -0.950. The third-order valence-corrected chi connectivity index (χ3v) is 4.80. The fourth-order valence-corrected chi connectivity index (χ4v) is 3.62. The molecule has 0 spiro atoms. The zero-order chi connectivity index (χ0) is 12.8. The van der Waals surface area contributed by atoms with Gasteiger partial charge in [0.1, 0.15) is 6.29 Å².